The summed E-state index contributed by atoms with van der Waals surface area (Å²) in [6, 6.07) is 14.9. The Morgan fingerprint density at radius 1 is 1.08 bits per heavy atom. The van der Waals surface area contributed by atoms with Gasteiger partial charge in [0.25, 0.3) is 0 Å². The van der Waals surface area contributed by atoms with Crippen molar-refractivity contribution >= 4 is 19.0 Å². The van der Waals surface area contributed by atoms with Gasteiger partial charge in [-0.2, -0.15) is 0 Å². The van der Waals surface area contributed by atoms with Crippen LogP contribution in [0.15, 0.2) is 48.5 Å². The largest absolute Gasteiger partial charge is 0.391 e. The van der Waals surface area contributed by atoms with Crippen LogP contribution >= 0.6 is 19.0 Å². The maximum Gasteiger partial charge on any atom is 0.207 e. The Morgan fingerprint density at radius 3 is 2.29 bits per heavy atom. The lowest BCUT2D eigenvalue weighted by Gasteiger charge is -2.17. The first kappa shape index (κ1) is 19.2. The Labute approximate surface area is 147 Å². The molecule has 3 N–H and O–H groups in total. The van der Waals surface area contributed by atoms with E-state index in [1.54, 1.807) is 12.1 Å². The highest BCUT2D eigenvalue weighted by atomic mass is 35.5. The molecule has 1 unspecified atom stereocenters. The molecule has 0 aromatic heterocycles. The summed E-state index contributed by atoms with van der Waals surface area (Å²) in [5.41, 5.74) is 2.96. The molecule has 0 amide bonds. The first-order chi connectivity index (χ1) is 11.3. The van der Waals surface area contributed by atoms with E-state index in [-0.39, 0.29) is 18.9 Å². The van der Waals surface area contributed by atoms with Crippen LogP contribution in [0.25, 0.3) is 0 Å². The number of aryl methyl sites for hydroxylation is 1. The summed E-state index contributed by atoms with van der Waals surface area (Å²) in [6.45, 7) is 2.81. The quantitative estimate of drug-likeness (QED) is 0.624. The minimum atomic E-state index is -3.41. The van der Waals surface area contributed by atoms with Gasteiger partial charge in [0.1, 0.15) is 0 Å². The number of benzene rings is 2. The Kier molecular flexibility index (Phi) is 7.02. The van der Waals surface area contributed by atoms with Gasteiger partial charge in [-0.3, -0.25) is 4.57 Å². The fourth-order valence-electron chi connectivity index (χ4n) is 2.42. The number of aliphatic hydroxyl groups is 1. The second-order valence-corrected chi connectivity index (χ2v) is 8.89. The first-order valence-corrected chi connectivity index (χ1v) is 10.2. The molecule has 0 fully saturated rings. The molecule has 6 heteroatoms. The molecule has 2 rings (SSSR count). The average Bonchev–Trinajstić information content (AvgIpc) is 2.51. The number of aliphatic hydroxyl groups excluding tert-OH is 1. The van der Waals surface area contributed by atoms with Crippen LogP contribution in [-0.4, -0.2) is 28.8 Å². The molecular formula is C18H23ClNO3P. The van der Waals surface area contributed by atoms with Crippen molar-refractivity contribution < 1.29 is 14.6 Å². The van der Waals surface area contributed by atoms with Gasteiger partial charge in [0.05, 0.1) is 12.3 Å². The van der Waals surface area contributed by atoms with E-state index in [2.05, 4.69) is 5.32 Å². The van der Waals surface area contributed by atoms with Crippen molar-refractivity contribution in [3.63, 3.8) is 0 Å². The van der Waals surface area contributed by atoms with Gasteiger partial charge >= 0.3 is 0 Å². The molecule has 130 valence electrons. The highest BCUT2D eigenvalue weighted by Crippen LogP contribution is 2.44. The van der Waals surface area contributed by atoms with Crippen LogP contribution in [0.4, 0.5) is 0 Å². The van der Waals surface area contributed by atoms with Gasteiger partial charge < -0.3 is 15.3 Å². The Morgan fingerprint density at radius 2 is 1.67 bits per heavy atom. The zero-order chi connectivity index (χ0) is 17.6. The molecule has 0 aliphatic rings. The van der Waals surface area contributed by atoms with Crippen LogP contribution in [0.1, 0.15) is 16.7 Å². The average molecular weight is 368 g/mol. The zero-order valence-corrected chi connectivity index (χ0v) is 15.3. The van der Waals surface area contributed by atoms with Crippen molar-refractivity contribution in [2.75, 3.05) is 12.7 Å². The maximum absolute atomic E-state index is 12.3. The van der Waals surface area contributed by atoms with Crippen LogP contribution in [0.2, 0.25) is 5.02 Å². The van der Waals surface area contributed by atoms with E-state index in [4.69, 9.17) is 11.6 Å². The van der Waals surface area contributed by atoms with Crippen LogP contribution in [-0.2, 0) is 17.3 Å². The maximum atomic E-state index is 12.3. The predicted octanol–water partition coefficient (Wildman–Crippen LogP) is 3.57. The molecule has 0 aliphatic heterocycles. The molecule has 0 radical (unpaired) electrons. The fraction of sp³-hybridized carbons (Fsp3) is 0.333. The molecule has 0 saturated carbocycles. The minimum Gasteiger partial charge on any atom is -0.391 e. The normalized spacial score (nSPS) is 15.0. The standard InChI is InChI=1S/C18H23ClNO3P/c1-14-2-4-16(5-3-14)12-24(22,23)13-18(21)11-20-10-15-6-8-17(19)9-7-15/h2-9,18,20-21H,10-13H2,1H3,(H,22,23)/t18-/m0/s1. The Balaban J connectivity index is 1.77. The van der Waals surface area contributed by atoms with Crippen molar-refractivity contribution in [2.24, 2.45) is 0 Å². The third kappa shape index (κ3) is 6.76. The lowest BCUT2D eigenvalue weighted by Crippen LogP contribution is -2.29. The highest BCUT2D eigenvalue weighted by Gasteiger charge is 2.23. The number of hydrogen-bond donors (Lipinski definition) is 3. The second-order valence-electron chi connectivity index (χ2n) is 6.08. The van der Waals surface area contributed by atoms with Gasteiger partial charge in [0.2, 0.25) is 7.37 Å². The third-order valence-electron chi connectivity index (χ3n) is 3.67. The van der Waals surface area contributed by atoms with Crippen LogP contribution in [0.5, 0.6) is 0 Å². The van der Waals surface area contributed by atoms with E-state index in [1.807, 2.05) is 43.3 Å². The molecular weight excluding hydrogens is 345 g/mol. The summed E-state index contributed by atoms with van der Waals surface area (Å²) in [7, 11) is -3.41. The molecule has 2 aromatic carbocycles. The summed E-state index contributed by atoms with van der Waals surface area (Å²) in [4.78, 5) is 10.1. The van der Waals surface area contributed by atoms with E-state index in [1.165, 1.54) is 0 Å². The first-order valence-electron chi connectivity index (χ1n) is 7.84. The molecule has 0 spiro atoms. The topological polar surface area (TPSA) is 69.6 Å². The minimum absolute atomic E-state index is 0.0848. The van der Waals surface area contributed by atoms with Gasteiger partial charge in [0.15, 0.2) is 0 Å². The number of rotatable bonds is 8. The molecule has 0 heterocycles. The summed E-state index contributed by atoms with van der Waals surface area (Å²) in [5.74, 6) is 0. The SMILES string of the molecule is Cc1ccc(CP(=O)(O)C[C@@H](O)CNCc2ccc(Cl)cc2)cc1. The van der Waals surface area contributed by atoms with Gasteiger partial charge in [-0.05, 0) is 30.2 Å². The van der Waals surface area contributed by atoms with Crippen molar-refractivity contribution in [3.8, 4) is 0 Å². The van der Waals surface area contributed by atoms with Crippen molar-refractivity contribution in [3.05, 3.63) is 70.2 Å². The molecule has 4 nitrogen and oxygen atoms in total. The van der Waals surface area contributed by atoms with E-state index in [0.29, 0.717) is 11.6 Å². The van der Waals surface area contributed by atoms with Crippen molar-refractivity contribution in [1.82, 2.24) is 5.32 Å². The van der Waals surface area contributed by atoms with Crippen LogP contribution in [0, 0.1) is 6.92 Å². The van der Waals surface area contributed by atoms with Gasteiger partial charge in [-0.1, -0.05) is 53.6 Å². The molecule has 0 aliphatic carbocycles. The fourth-order valence-corrected chi connectivity index (χ4v) is 4.25. The third-order valence-corrected chi connectivity index (χ3v) is 5.77. The lowest BCUT2D eigenvalue weighted by atomic mass is 10.2. The summed E-state index contributed by atoms with van der Waals surface area (Å²) in [6.07, 6.45) is -0.894. The van der Waals surface area contributed by atoms with E-state index < -0.39 is 13.5 Å². The number of nitrogens with one attached hydrogen (secondary N) is 1. The number of hydrogen-bond acceptors (Lipinski definition) is 3. The van der Waals surface area contributed by atoms with E-state index in [9.17, 15) is 14.6 Å². The van der Waals surface area contributed by atoms with Crippen molar-refractivity contribution in [2.45, 2.75) is 25.7 Å². The molecule has 24 heavy (non-hydrogen) atoms. The summed E-state index contributed by atoms with van der Waals surface area (Å²) in [5, 5.41) is 13.8. The Bertz CT molecular complexity index is 688. The van der Waals surface area contributed by atoms with Crippen LogP contribution in [0.3, 0.4) is 0 Å². The van der Waals surface area contributed by atoms with E-state index >= 15 is 0 Å². The lowest BCUT2D eigenvalue weighted by molar-refractivity contribution is 0.190. The van der Waals surface area contributed by atoms with Crippen molar-refractivity contribution in [1.29, 1.82) is 0 Å². The highest BCUT2D eigenvalue weighted by molar-refractivity contribution is 7.57. The monoisotopic (exact) mass is 367 g/mol. The molecule has 2 aromatic rings. The van der Waals surface area contributed by atoms with Gasteiger partial charge in [-0.25, -0.2) is 0 Å². The smallest absolute Gasteiger partial charge is 0.207 e. The van der Waals surface area contributed by atoms with E-state index in [0.717, 1.165) is 16.7 Å². The molecule has 0 bridgehead atoms. The summed E-state index contributed by atoms with van der Waals surface area (Å²) >= 11 is 5.82. The number of halogens is 1. The second kappa shape index (κ2) is 8.80. The van der Waals surface area contributed by atoms with Crippen LogP contribution < -0.4 is 5.32 Å². The molecule has 2 atom stereocenters. The van der Waals surface area contributed by atoms with Gasteiger partial charge in [0, 0.05) is 24.3 Å². The van der Waals surface area contributed by atoms with Gasteiger partial charge in [-0.15, -0.1) is 0 Å². The Hall–Kier alpha value is -1.16. The summed E-state index contributed by atoms with van der Waals surface area (Å²) < 4.78 is 12.3. The zero-order valence-electron chi connectivity index (χ0n) is 13.7. The predicted molar refractivity (Wildman–Crippen MR) is 98.7 cm³/mol. The molecule has 0 saturated heterocycles.